The average Bonchev–Trinajstić information content (AvgIpc) is 2.53. The van der Waals surface area contributed by atoms with Crippen molar-refractivity contribution in [1.82, 2.24) is 4.98 Å². The highest BCUT2D eigenvalue weighted by atomic mass is 28.3. The van der Waals surface area contributed by atoms with Gasteiger partial charge in [-0.15, -0.1) is 5.54 Å². The lowest BCUT2D eigenvalue weighted by molar-refractivity contribution is 0.418. The Hall–Kier alpha value is -1.86. The summed E-state index contributed by atoms with van der Waals surface area (Å²) in [5.74, 6) is 3.68. The highest BCUT2D eigenvalue weighted by Gasteiger charge is 2.41. The Bertz CT molecular complexity index is 796. The molecule has 2 rings (SSSR count). The van der Waals surface area contributed by atoms with Crippen LogP contribution in [0.15, 0.2) is 24.4 Å². The van der Waals surface area contributed by atoms with Crippen LogP contribution in [0.5, 0.6) is 5.75 Å². The van der Waals surface area contributed by atoms with Crippen molar-refractivity contribution in [2.24, 2.45) is 0 Å². The van der Waals surface area contributed by atoms with Gasteiger partial charge < -0.3 is 4.74 Å². The first kappa shape index (κ1) is 19.5. The minimum atomic E-state index is -1.81. The average molecular weight is 358 g/mol. The van der Waals surface area contributed by atoms with E-state index in [0.717, 1.165) is 10.9 Å². The van der Waals surface area contributed by atoms with E-state index in [1.165, 1.54) is 12.3 Å². The van der Waals surface area contributed by atoms with Gasteiger partial charge in [0.15, 0.2) is 0 Å². The Labute approximate surface area is 151 Å². The van der Waals surface area contributed by atoms with Gasteiger partial charge in [-0.2, -0.15) is 0 Å². The van der Waals surface area contributed by atoms with Crippen LogP contribution in [-0.4, -0.2) is 20.2 Å². The SMILES string of the molecule is COc1cc(C#C[Si](C(C)C)(C(C)C)C(C)C)cc2cc(F)cnc12. The molecule has 0 aliphatic carbocycles. The van der Waals surface area contributed by atoms with Crippen LogP contribution < -0.4 is 4.74 Å². The minimum Gasteiger partial charge on any atom is -0.494 e. The number of halogens is 1. The number of nitrogens with zero attached hydrogens (tertiary/aromatic N) is 1. The van der Waals surface area contributed by atoms with Crippen molar-refractivity contribution in [2.75, 3.05) is 7.11 Å². The van der Waals surface area contributed by atoms with E-state index in [2.05, 4.69) is 58.0 Å². The molecule has 0 saturated carbocycles. The number of rotatable bonds is 4. The second-order valence-corrected chi connectivity index (χ2v) is 13.1. The Morgan fingerprint density at radius 3 is 2.12 bits per heavy atom. The highest BCUT2D eigenvalue weighted by molar-refractivity contribution is 6.90. The zero-order valence-electron chi connectivity index (χ0n) is 16.3. The number of fused-ring (bicyclic) bond motifs is 1. The lowest BCUT2D eigenvalue weighted by Crippen LogP contribution is -2.43. The van der Waals surface area contributed by atoms with Crippen LogP contribution in [0.25, 0.3) is 10.9 Å². The summed E-state index contributed by atoms with van der Waals surface area (Å²) in [5, 5.41) is 0.717. The number of benzene rings is 1. The lowest BCUT2D eigenvalue weighted by atomic mass is 10.1. The van der Waals surface area contributed by atoms with Crippen LogP contribution in [0.2, 0.25) is 16.6 Å². The number of pyridine rings is 1. The van der Waals surface area contributed by atoms with Crippen molar-refractivity contribution in [3.05, 3.63) is 35.8 Å². The van der Waals surface area contributed by atoms with Gasteiger partial charge >= 0.3 is 0 Å². The van der Waals surface area contributed by atoms with Gasteiger partial charge in [0.05, 0.1) is 13.3 Å². The topological polar surface area (TPSA) is 22.1 Å². The second kappa shape index (κ2) is 7.57. The molecule has 25 heavy (non-hydrogen) atoms. The van der Waals surface area contributed by atoms with Crippen molar-refractivity contribution in [3.8, 4) is 17.2 Å². The van der Waals surface area contributed by atoms with Gasteiger partial charge in [0.2, 0.25) is 0 Å². The van der Waals surface area contributed by atoms with Crippen LogP contribution in [0.4, 0.5) is 4.39 Å². The fourth-order valence-electron chi connectivity index (χ4n) is 4.03. The summed E-state index contributed by atoms with van der Waals surface area (Å²) in [7, 11) is -0.204. The largest absolute Gasteiger partial charge is 0.494 e. The van der Waals surface area contributed by atoms with Gasteiger partial charge in [-0.1, -0.05) is 47.5 Å². The molecule has 0 N–H and O–H groups in total. The van der Waals surface area contributed by atoms with Crippen molar-refractivity contribution < 1.29 is 9.13 Å². The van der Waals surface area contributed by atoms with Gasteiger partial charge in [0.1, 0.15) is 25.2 Å². The van der Waals surface area contributed by atoms with E-state index in [-0.39, 0.29) is 5.82 Å². The molecule has 2 nitrogen and oxygen atoms in total. The molecule has 1 aromatic carbocycles. The summed E-state index contributed by atoms with van der Waals surface area (Å²) in [5.41, 5.74) is 6.93. The van der Waals surface area contributed by atoms with Crippen molar-refractivity contribution in [2.45, 2.75) is 58.2 Å². The molecule has 4 heteroatoms. The molecule has 0 unspecified atom stereocenters. The van der Waals surface area contributed by atoms with Gasteiger partial charge in [-0.25, -0.2) is 9.37 Å². The molecule has 2 aromatic rings. The van der Waals surface area contributed by atoms with E-state index < -0.39 is 8.07 Å². The molecule has 1 aromatic heterocycles. The first-order valence-corrected chi connectivity index (χ1v) is 11.1. The second-order valence-electron chi connectivity index (χ2n) is 7.55. The standard InChI is InChI=1S/C21H28FNOSi/c1-14(2)25(15(3)4,16(5)6)9-8-17-10-18-12-19(22)13-23-21(18)20(11-17)24-7/h10-16H,1-7H3. The summed E-state index contributed by atoms with van der Waals surface area (Å²) >= 11 is 0. The van der Waals surface area contributed by atoms with Crippen molar-refractivity contribution in [3.63, 3.8) is 0 Å². The van der Waals surface area contributed by atoms with Gasteiger partial charge in [0.25, 0.3) is 0 Å². The van der Waals surface area contributed by atoms with Gasteiger partial charge in [-0.05, 0) is 34.8 Å². The predicted octanol–water partition coefficient (Wildman–Crippen LogP) is 5.95. The first-order valence-electron chi connectivity index (χ1n) is 8.88. The molecule has 134 valence electrons. The minimum absolute atomic E-state index is 0.352. The van der Waals surface area contributed by atoms with Crippen LogP contribution in [0, 0.1) is 17.3 Å². The molecule has 0 saturated heterocycles. The van der Waals surface area contributed by atoms with E-state index in [1.807, 2.05) is 12.1 Å². The van der Waals surface area contributed by atoms with E-state index in [4.69, 9.17) is 4.74 Å². The van der Waals surface area contributed by atoms with E-state index >= 15 is 0 Å². The third-order valence-corrected chi connectivity index (χ3v) is 11.5. The van der Waals surface area contributed by atoms with Crippen LogP contribution in [0.3, 0.4) is 0 Å². The first-order chi connectivity index (χ1) is 11.7. The number of methoxy groups -OCH3 is 1. The molecule has 0 radical (unpaired) electrons. The quantitative estimate of drug-likeness (QED) is 0.498. The van der Waals surface area contributed by atoms with Gasteiger partial charge in [0, 0.05) is 10.9 Å². The number of ether oxygens (including phenoxy) is 1. The zero-order chi connectivity index (χ0) is 18.8. The Morgan fingerprint density at radius 2 is 1.60 bits per heavy atom. The van der Waals surface area contributed by atoms with Crippen LogP contribution in [0.1, 0.15) is 47.1 Å². The fraction of sp³-hybridized carbons (Fsp3) is 0.476. The monoisotopic (exact) mass is 357 g/mol. The molecule has 1 heterocycles. The van der Waals surface area contributed by atoms with E-state index in [1.54, 1.807) is 7.11 Å². The summed E-state index contributed by atoms with van der Waals surface area (Å²) < 4.78 is 19.0. The summed E-state index contributed by atoms with van der Waals surface area (Å²) in [4.78, 5) is 4.15. The maximum atomic E-state index is 13.6. The molecular formula is C21H28FNOSi. The molecule has 0 atom stereocenters. The normalized spacial score (nSPS) is 12.0. The molecule has 0 amide bonds. The van der Waals surface area contributed by atoms with Crippen LogP contribution >= 0.6 is 0 Å². The molecule has 0 aliphatic rings. The maximum absolute atomic E-state index is 13.6. The molecular weight excluding hydrogens is 329 g/mol. The smallest absolute Gasteiger partial charge is 0.146 e. The van der Waals surface area contributed by atoms with Crippen LogP contribution in [-0.2, 0) is 0 Å². The van der Waals surface area contributed by atoms with E-state index in [9.17, 15) is 4.39 Å². The molecule has 0 spiro atoms. The summed E-state index contributed by atoms with van der Waals surface area (Å²) in [6.45, 7) is 13.8. The molecule has 0 aliphatic heterocycles. The Balaban J connectivity index is 2.62. The molecule has 0 fully saturated rings. The predicted molar refractivity (Wildman–Crippen MR) is 106 cm³/mol. The van der Waals surface area contributed by atoms with E-state index in [0.29, 0.717) is 27.9 Å². The maximum Gasteiger partial charge on any atom is 0.146 e. The molecule has 0 bridgehead atoms. The Morgan fingerprint density at radius 1 is 1.00 bits per heavy atom. The zero-order valence-corrected chi connectivity index (χ0v) is 17.3. The fourth-order valence-corrected chi connectivity index (χ4v) is 9.26. The van der Waals surface area contributed by atoms with Crippen molar-refractivity contribution >= 4 is 19.0 Å². The van der Waals surface area contributed by atoms with Gasteiger partial charge in [-0.3, -0.25) is 0 Å². The number of aromatic nitrogens is 1. The summed E-state index contributed by atoms with van der Waals surface area (Å²) in [6, 6.07) is 5.29. The summed E-state index contributed by atoms with van der Waals surface area (Å²) in [6.07, 6.45) is 1.21. The number of hydrogen-bond donors (Lipinski definition) is 0. The third kappa shape index (κ3) is 3.72. The third-order valence-electron chi connectivity index (χ3n) is 5.22. The lowest BCUT2D eigenvalue weighted by Gasteiger charge is -2.38. The highest BCUT2D eigenvalue weighted by Crippen LogP contribution is 2.40. The Kier molecular flexibility index (Phi) is 5.90. The van der Waals surface area contributed by atoms with Crippen molar-refractivity contribution in [1.29, 1.82) is 0 Å². The number of hydrogen-bond acceptors (Lipinski definition) is 2.